The van der Waals surface area contributed by atoms with Gasteiger partial charge in [-0.05, 0) is 0 Å². The Balaban J connectivity index is -0.000000000833. The van der Waals surface area contributed by atoms with Gasteiger partial charge >= 0.3 is 56.3 Å². The average Bonchev–Trinajstić information content (AvgIpc) is 1.00. The van der Waals surface area contributed by atoms with Crippen LogP contribution >= 0.6 is 0 Å². The van der Waals surface area contributed by atoms with E-state index < -0.39 is 0 Å². The van der Waals surface area contributed by atoms with Crippen LogP contribution in [0.3, 0.4) is 0 Å². The van der Waals surface area contributed by atoms with E-state index in [-0.39, 0.29) is 47.5 Å². The van der Waals surface area contributed by atoms with Gasteiger partial charge in [0.2, 0.25) is 0 Å². The van der Waals surface area contributed by atoms with E-state index in [0.717, 1.165) is 0 Å². The van der Waals surface area contributed by atoms with Crippen molar-refractivity contribution in [2.45, 2.75) is 0 Å². The van der Waals surface area contributed by atoms with E-state index >= 15 is 0 Å². The molecule has 1 radical (unpaired) electrons. The molecule has 0 aromatic heterocycles. The molecule has 0 unspecified atom stereocenters. The van der Waals surface area contributed by atoms with Gasteiger partial charge in [0.1, 0.15) is 0 Å². The zero-order valence-electron chi connectivity index (χ0n) is 2.61. The monoisotopic (exact) mass is 230 g/mol. The van der Waals surface area contributed by atoms with E-state index in [4.69, 9.17) is 3.83 Å². The number of hydrogen-bond donors (Lipinski definition) is 0. The molecule has 0 N–H and O–H groups in total. The minimum atomic E-state index is 0. The summed E-state index contributed by atoms with van der Waals surface area (Å²) >= 11 is 2.94. The quantitative estimate of drug-likeness (QED) is 0.525. The van der Waals surface area contributed by atoms with Gasteiger partial charge < -0.3 is 11.0 Å². The predicted molar refractivity (Wildman–Crippen MR) is 2.06 cm³/mol. The third-order valence-corrected chi connectivity index (χ3v) is 0. The summed E-state index contributed by atoms with van der Waals surface area (Å²) in [5.41, 5.74) is 0. The molecule has 0 aliphatic rings. The van der Waals surface area contributed by atoms with Gasteiger partial charge in [-0.2, -0.15) is 0 Å². The van der Waals surface area contributed by atoms with Crippen molar-refractivity contribution in [1.29, 1.82) is 0 Å². The number of rotatable bonds is 0. The van der Waals surface area contributed by atoms with Crippen molar-refractivity contribution in [2.75, 3.05) is 0 Å². The molecule has 0 atom stereocenters. The Morgan fingerprint density at radius 2 is 1.00 bits per heavy atom. The first-order chi connectivity index (χ1) is 1.00. The number of hydrogen-bond acceptors (Lipinski definition) is 1. The fourth-order valence-electron chi connectivity index (χ4n) is 0. The molecule has 0 bridgehead atoms. The third-order valence-electron chi connectivity index (χ3n) is 0. The standard InChI is InChI=1S/Cu.Mn.3O.Zn/q;+2;;2*-2;+2. The van der Waals surface area contributed by atoms with Crippen molar-refractivity contribution in [3.63, 3.8) is 0 Å². The molecule has 0 aliphatic carbocycles. The summed E-state index contributed by atoms with van der Waals surface area (Å²) in [5, 5.41) is 0. The van der Waals surface area contributed by atoms with Crippen LogP contribution in [0.5, 0.6) is 0 Å². The Hall–Kier alpha value is 1.38. The molecule has 0 spiro atoms. The predicted octanol–water partition coefficient (Wildman–Crippen LogP) is -0.364. The summed E-state index contributed by atoms with van der Waals surface area (Å²) in [6.07, 6.45) is 0. The minimum absolute atomic E-state index is 0. The molecule has 0 rings (SSSR count). The van der Waals surface area contributed by atoms with Gasteiger partial charge in [0.15, 0.2) is 0 Å². The Morgan fingerprint density at radius 1 is 1.00 bits per heavy atom. The zero-order chi connectivity index (χ0) is 2.00. The molecule has 0 saturated heterocycles. The summed E-state index contributed by atoms with van der Waals surface area (Å²) in [6, 6.07) is 0. The fourth-order valence-corrected chi connectivity index (χ4v) is 0. The first kappa shape index (κ1) is 53.0. The zero-order valence-corrected chi connectivity index (χ0v) is 7.70. The maximum atomic E-state index is 7.81. The minimum Gasteiger partial charge on any atom is 2.00 e. The maximum Gasteiger partial charge on any atom is 2.00 e. The van der Waals surface area contributed by atoms with Crippen LogP contribution in [0.25, 0.3) is 0 Å². The summed E-state index contributed by atoms with van der Waals surface area (Å²) in [6.45, 7) is 0. The molecule has 38 valence electrons. The third kappa shape index (κ3) is 54.1. The van der Waals surface area contributed by atoms with Crippen molar-refractivity contribution in [2.24, 2.45) is 0 Å². The maximum absolute atomic E-state index is 7.81. The van der Waals surface area contributed by atoms with Crippen molar-refractivity contribution < 1.29 is 67.3 Å². The Labute approximate surface area is 67.1 Å². The first-order valence-corrected chi connectivity index (χ1v) is 0.508. The van der Waals surface area contributed by atoms with Gasteiger partial charge in [0.25, 0.3) is 0 Å². The molecular formula is CuMnO3Zn. The van der Waals surface area contributed by atoms with E-state index in [1.165, 1.54) is 0 Å². The second kappa shape index (κ2) is 96.8. The van der Waals surface area contributed by atoms with E-state index in [2.05, 4.69) is 15.9 Å². The fraction of sp³-hybridized carbons (Fsp3) is 0. The Bertz CT molecular complexity index is 10.8. The second-order valence-electron chi connectivity index (χ2n) is 0. The van der Waals surface area contributed by atoms with Crippen molar-refractivity contribution in [3.05, 3.63) is 0 Å². The summed E-state index contributed by atoms with van der Waals surface area (Å²) in [4.78, 5) is 0. The van der Waals surface area contributed by atoms with Crippen molar-refractivity contribution in [3.8, 4) is 0 Å². The largest absolute Gasteiger partial charge is 2.00 e. The Kier molecular flexibility index (Phi) is 854. The van der Waals surface area contributed by atoms with E-state index in [1.54, 1.807) is 0 Å². The van der Waals surface area contributed by atoms with Crippen LogP contribution in [0.15, 0.2) is 0 Å². The molecule has 3 nitrogen and oxygen atoms in total. The van der Waals surface area contributed by atoms with E-state index in [9.17, 15) is 0 Å². The van der Waals surface area contributed by atoms with E-state index in [1.807, 2.05) is 0 Å². The molecular weight excluding hydrogens is 232 g/mol. The van der Waals surface area contributed by atoms with Crippen molar-refractivity contribution >= 4 is 0 Å². The van der Waals surface area contributed by atoms with Crippen LogP contribution in [0.4, 0.5) is 0 Å². The van der Waals surface area contributed by atoms with Crippen LogP contribution in [0, 0.1) is 0 Å². The van der Waals surface area contributed by atoms with Gasteiger partial charge in [-0.15, -0.1) is 0 Å². The normalized spacial score (nSPS) is 1.00. The van der Waals surface area contributed by atoms with Gasteiger partial charge in [-0.1, -0.05) is 0 Å². The summed E-state index contributed by atoms with van der Waals surface area (Å²) in [5.74, 6) is 0. The topological polar surface area (TPSA) is 74.1 Å². The van der Waals surface area contributed by atoms with E-state index in [0.29, 0.717) is 0 Å². The molecule has 0 fully saturated rings. The van der Waals surface area contributed by atoms with Gasteiger partial charge in [-0.25, -0.2) is 0 Å². The van der Waals surface area contributed by atoms with Crippen LogP contribution in [0.1, 0.15) is 0 Å². The molecule has 6 heavy (non-hydrogen) atoms. The van der Waals surface area contributed by atoms with Gasteiger partial charge in [-0.3, -0.25) is 0 Å². The SMILES string of the molecule is [Mn+2].[O-2].[O-2].[O]=[Cu].[Zn+2]. The van der Waals surface area contributed by atoms with Crippen LogP contribution in [-0.4, -0.2) is 0 Å². The van der Waals surface area contributed by atoms with Crippen LogP contribution in [-0.2, 0) is 67.3 Å². The molecule has 0 aromatic carbocycles. The summed E-state index contributed by atoms with van der Waals surface area (Å²) < 4.78 is 7.81. The molecule has 0 amide bonds. The Morgan fingerprint density at radius 3 is 1.00 bits per heavy atom. The summed E-state index contributed by atoms with van der Waals surface area (Å²) in [7, 11) is 0. The smallest absolute Gasteiger partial charge is 2.00 e. The van der Waals surface area contributed by atoms with Gasteiger partial charge in [0.05, 0.1) is 0 Å². The first-order valence-electron chi connectivity index (χ1n) is 0.123. The van der Waals surface area contributed by atoms with Crippen LogP contribution in [0.2, 0.25) is 0 Å². The van der Waals surface area contributed by atoms with Crippen molar-refractivity contribution in [1.82, 2.24) is 0 Å². The molecule has 6 heteroatoms. The average molecular weight is 232 g/mol. The molecule has 0 aromatic rings. The van der Waals surface area contributed by atoms with Gasteiger partial charge in [0, 0.05) is 0 Å². The molecule has 0 saturated carbocycles. The molecule has 0 aliphatic heterocycles. The van der Waals surface area contributed by atoms with Crippen LogP contribution < -0.4 is 0 Å². The molecule has 0 heterocycles. The second-order valence-corrected chi connectivity index (χ2v) is 0.